The Hall–Kier alpha value is -3.10. The first-order chi connectivity index (χ1) is 13.3. The Morgan fingerprint density at radius 3 is 2.39 bits per heavy atom. The van der Waals surface area contributed by atoms with Crippen LogP contribution in [-0.4, -0.2) is 55.1 Å². The van der Waals surface area contributed by atoms with Gasteiger partial charge in [0.2, 0.25) is 0 Å². The minimum atomic E-state index is -0.923. The first-order valence-electron chi connectivity index (χ1n) is 9.23. The number of anilines is 1. The maximum atomic E-state index is 12.6. The van der Waals surface area contributed by atoms with Crippen LogP contribution in [0.4, 0.5) is 10.5 Å². The number of hydrogen-bond donors (Lipinski definition) is 2. The third-order valence-electron chi connectivity index (χ3n) is 5.06. The molecule has 1 aromatic carbocycles. The lowest BCUT2D eigenvalue weighted by atomic mass is 9.82. The molecule has 1 saturated heterocycles. The molecule has 1 heterocycles. The monoisotopic (exact) mass is 388 g/mol. The Kier molecular flexibility index (Phi) is 5.53. The molecule has 1 aliphatic carbocycles. The van der Waals surface area contributed by atoms with Gasteiger partial charge < -0.3 is 15.0 Å². The summed E-state index contributed by atoms with van der Waals surface area (Å²) in [6, 6.07) is 6.05. The second-order valence-corrected chi connectivity index (χ2v) is 7.27. The number of ether oxygens (including phenoxy) is 1. The highest BCUT2D eigenvalue weighted by atomic mass is 16.5. The van der Waals surface area contributed by atoms with Crippen molar-refractivity contribution in [1.29, 1.82) is 0 Å². The molecule has 28 heavy (non-hydrogen) atoms. The van der Waals surface area contributed by atoms with Crippen LogP contribution in [0.1, 0.15) is 42.5 Å². The first-order valence-corrected chi connectivity index (χ1v) is 9.23. The molecular formula is C19H24N4O5. The van der Waals surface area contributed by atoms with Crippen molar-refractivity contribution in [3.63, 3.8) is 0 Å². The number of rotatable bonds is 5. The molecule has 4 amide bonds. The number of urea groups is 1. The van der Waals surface area contributed by atoms with E-state index in [4.69, 9.17) is 4.74 Å². The molecule has 0 radical (unpaired) electrons. The second kappa shape index (κ2) is 7.87. The molecule has 150 valence electrons. The van der Waals surface area contributed by atoms with Crippen molar-refractivity contribution in [2.24, 2.45) is 0 Å². The summed E-state index contributed by atoms with van der Waals surface area (Å²) in [7, 11) is 3.76. The topological polar surface area (TPSA) is 108 Å². The van der Waals surface area contributed by atoms with Crippen LogP contribution in [0.5, 0.6) is 0 Å². The normalized spacial score (nSPS) is 18.0. The third-order valence-corrected chi connectivity index (χ3v) is 5.06. The van der Waals surface area contributed by atoms with Crippen LogP contribution in [0.25, 0.3) is 0 Å². The second-order valence-electron chi connectivity index (χ2n) is 7.27. The van der Waals surface area contributed by atoms with Crippen molar-refractivity contribution < 1.29 is 23.9 Å². The van der Waals surface area contributed by atoms with E-state index in [-0.39, 0.29) is 0 Å². The fourth-order valence-corrected chi connectivity index (χ4v) is 3.48. The number of amides is 4. The van der Waals surface area contributed by atoms with Gasteiger partial charge in [-0.05, 0) is 37.1 Å². The van der Waals surface area contributed by atoms with Crippen molar-refractivity contribution in [1.82, 2.24) is 15.8 Å². The van der Waals surface area contributed by atoms with Gasteiger partial charge in [0.1, 0.15) is 5.54 Å². The van der Waals surface area contributed by atoms with Crippen molar-refractivity contribution in [2.75, 3.05) is 25.6 Å². The summed E-state index contributed by atoms with van der Waals surface area (Å²) in [5, 5.41) is 3.38. The number of nitrogens with zero attached hydrogens (tertiary/aromatic N) is 2. The van der Waals surface area contributed by atoms with E-state index < -0.39 is 36.0 Å². The highest BCUT2D eigenvalue weighted by Gasteiger charge is 2.52. The molecule has 0 unspecified atom stereocenters. The minimum absolute atomic E-state index is 0.301. The number of hydrogen-bond acceptors (Lipinski definition) is 6. The Morgan fingerprint density at radius 2 is 1.79 bits per heavy atom. The Labute approximate surface area is 163 Å². The van der Waals surface area contributed by atoms with Crippen molar-refractivity contribution in [2.45, 2.75) is 37.6 Å². The van der Waals surface area contributed by atoms with Gasteiger partial charge in [0.15, 0.2) is 6.61 Å². The van der Waals surface area contributed by atoms with Crippen LogP contribution < -0.4 is 15.6 Å². The summed E-state index contributed by atoms with van der Waals surface area (Å²) >= 11 is 0. The Bertz CT molecular complexity index is 784. The summed E-state index contributed by atoms with van der Waals surface area (Å²) in [5.74, 6) is -1.88. The van der Waals surface area contributed by atoms with Gasteiger partial charge in [0.05, 0.1) is 5.56 Å². The highest BCUT2D eigenvalue weighted by Crippen LogP contribution is 2.32. The van der Waals surface area contributed by atoms with E-state index in [1.807, 2.05) is 19.0 Å². The molecule has 0 atom stereocenters. The molecule has 1 aliphatic heterocycles. The van der Waals surface area contributed by atoms with Gasteiger partial charge in [-0.3, -0.25) is 15.0 Å². The molecule has 2 fully saturated rings. The van der Waals surface area contributed by atoms with E-state index in [9.17, 15) is 19.2 Å². The van der Waals surface area contributed by atoms with Crippen LogP contribution in [-0.2, 0) is 14.3 Å². The van der Waals surface area contributed by atoms with E-state index in [0.29, 0.717) is 23.4 Å². The van der Waals surface area contributed by atoms with E-state index >= 15 is 0 Å². The number of nitrogens with one attached hydrogen (secondary N) is 2. The molecule has 0 aromatic heterocycles. The lowest BCUT2D eigenvalue weighted by Gasteiger charge is -2.30. The lowest BCUT2D eigenvalue weighted by molar-refractivity contribution is -0.140. The fraction of sp³-hybridized carbons (Fsp3) is 0.474. The summed E-state index contributed by atoms with van der Waals surface area (Å²) in [6.07, 6.45) is 3.82. The number of hydrazine groups is 1. The van der Waals surface area contributed by atoms with Crippen molar-refractivity contribution >= 4 is 29.5 Å². The third kappa shape index (κ3) is 3.92. The van der Waals surface area contributed by atoms with Crippen molar-refractivity contribution in [3.05, 3.63) is 29.8 Å². The van der Waals surface area contributed by atoms with E-state index in [0.717, 1.165) is 24.9 Å². The van der Waals surface area contributed by atoms with E-state index in [2.05, 4.69) is 10.7 Å². The predicted octanol–water partition coefficient (Wildman–Crippen LogP) is 1.20. The van der Waals surface area contributed by atoms with Gasteiger partial charge in [-0.25, -0.2) is 9.59 Å². The smallest absolute Gasteiger partial charge is 0.344 e. The fourth-order valence-electron chi connectivity index (χ4n) is 3.48. The predicted molar refractivity (Wildman–Crippen MR) is 100 cm³/mol. The van der Waals surface area contributed by atoms with Gasteiger partial charge in [-0.15, -0.1) is 0 Å². The number of esters is 1. The summed E-state index contributed by atoms with van der Waals surface area (Å²) < 4.78 is 4.97. The van der Waals surface area contributed by atoms with Crippen LogP contribution in [0.3, 0.4) is 0 Å². The molecule has 2 N–H and O–H groups in total. The molecule has 1 spiro atoms. The molecule has 3 rings (SSSR count). The Morgan fingerprint density at radius 1 is 1.14 bits per heavy atom. The van der Waals surface area contributed by atoms with Gasteiger partial charge in [0, 0.05) is 19.8 Å². The van der Waals surface area contributed by atoms with Gasteiger partial charge in [-0.2, -0.15) is 5.01 Å². The first kappa shape index (κ1) is 19.7. The van der Waals surface area contributed by atoms with Crippen LogP contribution in [0.15, 0.2) is 24.3 Å². The number of imide groups is 1. The molecule has 1 aromatic rings. The summed E-state index contributed by atoms with van der Waals surface area (Å²) in [6.45, 7) is -0.599. The molecule has 1 saturated carbocycles. The van der Waals surface area contributed by atoms with E-state index in [1.54, 1.807) is 24.3 Å². The maximum Gasteiger partial charge on any atom is 0.344 e. The molecule has 2 aliphatic rings. The van der Waals surface area contributed by atoms with Crippen LogP contribution in [0.2, 0.25) is 0 Å². The van der Waals surface area contributed by atoms with Crippen molar-refractivity contribution in [3.8, 4) is 0 Å². The number of benzene rings is 1. The summed E-state index contributed by atoms with van der Waals surface area (Å²) in [4.78, 5) is 50.7. The summed E-state index contributed by atoms with van der Waals surface area (Å²) in [5.41, 5.74) is 2.53. The average molecular weight is 388 g/mol. The SMILES string of the molecule is CN(C)c1ccc(C(=O)OCC(=O)NN2C(=O)NC3(CCCCC3)C2=O)cc1. The zero-order valence-corrected chi connectivity index (χ0v) is 16.0. The highest BCUT2D eigenvalue weighted by molar-refractivity contribution is 6.08. The maximum absolute atomic E-state index is 12.6. The van der Waals surface area contributed by atoms with E-state index in [1.165, 1.54) is 0 Å². The van der Waals surface area contributed by atoms with Gasteiger partial charge in [0.25, 0.3) is 11.8 Å². The van der Waals surface area contributed by atoms with Crippen LogP contribution >= 0.6 is 0 Å². The molecular weight excluding hydrogens is 364 g/mol. The number of carbonyl (C=O) groups is 4. The standard InChI is InChI=1S/C19H24N4O5/c1-22(2)14-8-6-13(7-9-14)16(25)28-12-15(24)21-23-17(26)19(20-18(23)27)10-4-3-5-11-19/h6-9H,3-5,10-12H2,1-2H3,(H,20,27)(H,21,24). The Balaban J connectivity index is 1.53. The molecule has 9 nitrogen and oxygen atoms in total. The van der Waals surface area contributed by atoms with Gasteiger partial charge >= 0.3 is 12.0 Å². The number of carbonyl (C=O) groups excluding carboxylic acids is 4. The molecule has 9 heteroatoms. The molecule has 0 bridgehead atoms. The zero-order chi connectivity index (χ0) is 20.3. The average Bonchev–Trinajstić information content (AvgIpc) is 2.90. The largest absolute Gasteiger partial charge is 0.452 e. The minimum Gasteiger partial charge on any atom is -0.452 e. The zero-order valence-electron chi connectivity index (χ0n) is 16.0. The lowest BCUT2D eigenvalue weighted by Crippen LogP contribution is -2.51. The van der Waals surface area contributed by atoms with Gasteiger partial charge in [-0.1, -0.05) is 19.3 Å². The quantitative estimate of drug-likeness (QED) is 0.580. The van der Waals surface area contributed by atoms with Crippen LogP contribution in [0, 0.1) is 0 Å².